The summed E-state index contributed by atoms with van der Waals surface area (Å²) in [5.74, 6) is 0. The van der Waals surface area contributed by atoms with Crippen molar-refractivity contribution < 1.29 is 0 Å². The predicted octanol–water partition coefficient (Wildman–Crippen LogP) is 1.81. The molecule has 0 saturated heterocycles. The van der Waals surface area contributed by atoms with Gasteiger partial charge in [-0.05, 0) is 25.1 Å². The molecule has 17 heavy (non-hydrogen) atoms. The molecule has 2 aromatic rings. The maximum Gasteiger partial charge on any atom is 0.267 e. The highest BCUT2D eigenvalue weighted by Gasteiger charge is 2.02. The van der Waals surface area contributed by atoms with Gasteiger partial charge in [0.2, 0.25) is 0 Å². The molecule has 0 saturated carbocycles. The lowest BCUT2D eigenvalue weighted by molar-refractivity contribution is 0.976. The van der Waals surface area contributed by atoms with Crippen LogP contribution in [0.25, 0.3) is 11.3 Å². The Balaban J connectivity index is 2.39. The van der Waals surface area contributed by atoms with Crippen molar-refractivity contribution in [3.8, 4) is 11.3 Å². The van der Waals surface area contributed by atoms with E-state index in [0.717, 1.165) is 16.9 Å². The van der Waals surface area contributed by atoms with Crippen LogP contribution in [0.4, 0.5) is 5.69 Å². The first-order valence-corrected chi connectivity index (χ1v) is 5.42. The van der Waals surface area contributed by atoms with Crippen molar-refractivity contribution in [2.75, 3.05) is 19.0 Å². The molecule has 1 aromatic carbocycles. The molecule has 0 aliphatic heterocycles. The third kappa shape index (κ3) is 2.36. The number of hydrogen-bond acceptors (Lipinski definition) is 3. The molecule has 0 aliphatic rings. The zero-order chi connectivity index (χ0) is 12.4. The number of rotatable bonds is 2. The van der Waals surface area contributed by atoms with Crippen LogP contribution >= 0.6 is 0 Å². The molecule has 0 fully saturated rings. The van der Waals surface area contributed by atoms with Crippen molar-refractivity contribution in [2.24, 2.45) is 0 Å². The van der Waals surface area contributed by atoms with E-state index >= 15 is 0 Å². The van der Waals surface area contributed by atoms with Crippen molar-refractivity contribution in [1.29, 1.82) is 0 Å². The van der Waals surface area contributed by atoms with E-state index in [2.05, 4.69) is 10.2 Å². The SMILES string of the molecule is Cc1cc(-c2ccc(N(C)C)cc2)n[nH]c1=O. The van der Waals surface area contributed by atoms with Crippen LogP contribution in [-0.4, -0.2) is 24.3 Å². The number of aromatic amines is 1. The van der Waals surface area contributed by atoms with Gasteiger partial charge < -0.3 is 4.90 Å². The quantitative estimate of drug-likeness (QED) is 0.854. The lowest BCUT2D eigenvalue weighted by Gasteiger charge is -2.12. The highest BCUT2D eigenvalue weighted by molar-refractivity contribution is 5.62. The minimum atomic E-state index is -0.140. The van der Waals surface area contributed by atoms with Crippen LogP contribution in [0.15, 0.2) is 35.1 Å². The molecule has 4 nitrogen and oxygen atoms in total. The highest BCUT2D eigenvalue weighted by Crippen LogP contribution is 2.19. The number of H-pyrrole nitrogens is 1. The van der Waals surface area contributed by atoms with Crippen LogP contribution < -0.4 is 10.5 Å². The molecule has 1 aromatic heterocycles. The molecule has 0 aliphatic carbocycles. The Morgan fingerprint density at radius 3 is 2.35 bits per heavy atom. The summed E-state index contributed by atoms with van der Waals surface area (Å²) in [5, 5.41) is 6.52. The number of anilines is 1. The van der Waals surface area contributed by atoms with Crippen LogP contribution in [0.5, 0.6) is 0 Å². The molecule has 2 rings (SSSR count). The van der Waals surface area contributed by atoms with Crippen molar-refractivity contribution >= 4 is 5.69 Å². The van der Waals surface area contributed by atoms with Gasteiger partial charge in [-0.25, -0.2) is 5.10 Å². The first kappa shape index (κ1) is 11.4. The molecule has 88 valence electrons. The van der Waals surface area contributed by atoms with Crippen LogP contribution in [0, 0.1) is 6.92 Å². The lowest BCUT2D eigenvalue weighted by atomic mass is 10.1. The number of aryl methyl sites for hydroxylation is 1. The van der Waals surface area contributed by atoms with Gasteiger partial charge in [0.25, 0.3) is 5.56 Å². The number of nitrogens with zero attached hydrogens (tertiary/aromatic N) is 2. The van der Waals surface area contributed by atoms with Gasteiger partial charge in [0.1, 0.15) is 0 Å². The fourth-order valence-corrected chi connectivity index (χ4v) is 1.58. The molecule has 0 unspecified atom stereocenters. The molecule has 0 radical (unpaired) electrons. The molecule has 1 N–H and O–H groups in total. The molecular weight excluding hydrogens is 214 g/mol. The zero-order valence-corrected chi connectivity index (χ0v) is 10.2. The second kappa shape index (κ2) is 4.41. The highest BCUT2D eigenvalue weighted by atomic mass is 16.1. The van der Waals surface area contributed by atoms with Gasteiger partial charge in [-0.1, -0.05) is 12.1 Å². The van der Waals surface area contributed by atoms with Gasteiger partial charge in [0.15, 0.2) is 0 Å². The predicted molar refractivity (Wildman–Crippen MR) is 69.4 cm³/mol. The van der Waals surface area contributed by atoms with Gasteiger partial charge in [-0.15, -0.1) is 0 Å². The molecule has 0 atom stereocenters. The minimum absolute atomic E-state index is 0.140. The fourth-order valence-electron chi connectivity index (χ4n) is 1.58. The Morgan fingerprint density at radius 1 is 1.18 bits per heavy atom. The molecule has 0 bridgehead atoms. The van der Waals surface area contributed by atoms with Crippen molar-refractivity contribution in [2.45, 2.75) is 6.92 Å². The third-order valence-corrected chi connectivity index (χ3v) is 2.67. The summed E-state index contributed by atoms with van der Waals surface area (Å²) in [6, 6.07) is 9.84. The topological polar surface area (TPSA) is 49.0 Å². The van der Waals surface area contributed by atoms with Crippen molar-refractivity contribution in [3.05, 3.63) is 46.2 Å². The number of nitrogens with one attached hydrogen (secondary N) is 1. The standard InChI is InChI=1S/C13H15N3O/c1-9-8-12(14-15-13(9)17)10-4-6-11(7-5-10)16(2)3/h4-8H,1-3H3,(H,15,17). The second-order valence-corrected chi connectivity index (χ2v) is 4.21. The van der Waals surface area contributed by atoms with Crippen molar-refractivity contribution in [1.82, 2.24) is 10.2 Å². The maximum absolute atomic E-state index is 11.2. The average molecular weight is 229 g/mol. The Morgan fingerprint density at radius 2 is 1.82 bits per heavy atom. The fraction of sp³-hybridized carbons (Fsp3) is 0.231. The van der Waals surface area contributed by atoms with E-state index in [1.165, 1.54) is 0 Å². The Kier molecular flexibility index (Phi) is 2.95. The van der Waals surface area contributed by atoms with Crippen molar-refractivity contribution in [3.63, 3.8) is 0 Å². The summed E-state index contributed by atoms with van der Waals surface area (Å²) in [5.41, 5.74) is 3.45. The molecule has 0 spiro atoms. The normalized spacial score (nSPS) is 10.3. The summed E-state index contributed by atoms with van der Waals surface area (Å²) in [7, 11) is 3.99. The van der Waals surface area contributed by atoms with Gasteiger partial charge in [-0.2, -0.15) is 5.10 Å². The summed E-state index contributed by atoms with van der Waals surface area (Å²) in [4.78, 5) is 13.3. The van der Waals surface area contributed by atoms with E-state index < -0.39 is 0 Å². The van der Waals surface area contributed by atoms with Crippen LogP contribution in [0.3, 0.4) is 0 Å². The first-order chi connectivity index (χ1) is 8.08. The first-order valence-electron chi connectivity index (χ1n) is 5.42. The van der Waals surface area contributed by atoms with Crippen LogP contribution in [0.1, 0.15) is 5.56 Å². The summed E-state index contributed by atoms with van der Waals surface area (Å²) in [6.45, 7) is 1.78. The van der Waals surface area contributed by atoms with Crippen LogP contribution in [0.2, 0.25) is 0 Å². The van der Waals surface area contributed by atoms with E-state index in [-0.39, 0.29) is 5.56 Å². The third-order valence-electron chi connectivity index (χ3n) is 2.67. The zero-order valence-electron chi connectivity index (χ0n) is 10.2. The molecule has 1 heterocycles. The number of benzene rings is 1. The van der Waals surface area contributed by atoms with E-state index in [9.17, 15) is 4.79 Å². The largest absolute Gasteiger partial charge is 0.378 e. The summed E-state index contributed by atoms with van der Waals surface area (Å²) < 4.78 is 0. The van der Waals surface area contributed by atoms with E-state index in [1.807, 2.05) is 43.3 Å². The Bertz CT molecular complexity index is 570. The van der Waals surface area contributed by atoms with E-state index in [4.69, 9.17) is 0 Å². The van der Waals surface area contributed by atoms with Gasteiger partial charge in [-0.3, -0.25) is 4.79 Å². The number of aromatic nitrogens is 2. The summed E-state index contributed by atoms with van der Waals surface area (Å²) in [6.07, 6.45) is 0. The average Bonchev–Trinajstić information content (AvgIpc) is 2.33. The Labute approximate surface area is 99.9 Å². The maximum atomic E-state index is 11.2. The lowest BCUT2D eigenvalue weighted by Crippen LogP contribution is -2.11. The van der Waals surface area contributed by atoms with Gasteiger partial charge in [0, 0.05) is 30.9 Å². The minimum Gasteiger partial charge on any atom is -0.378 e. The molecule has 0 amide bonds. The second-order valence-electron chi connectivity index (χ2n) is 4.21. The van der Waals surface area contributed by atoms with Gasteiger partial charge in [0.05, 0.1) is 5.69 Å². The van der Waals surface area contributed by atoms with Crippen LogP contribution in [-0.2, 0) is 0 Å². The number of hydrogen-bond donors (Lipinski definition) is 1. The molecule has 4 heteroatoms. The van der Waals surface area contributed by atoms with Gasteiger partial charge >= 0.3 is 0 Å². The summed E-state index contributed by atoms with van der Waals surface area (Å²) >= 11 is 0. The smallest absolute Gasteiger partial charge is 0.267 e. The monoisotopic (exact) mass is 229 g/mol. The van der Waals surface area contributed by atoms with E-state index in [1.54, 1.807) is 13.0 Å². The molecular formula is C13H15N3O. The Hall–Kier alpha value is -2.10. The van der Waals surface area contributed by atoms with E-state index in [0.29, 0.717) is 5.56 Å².